The third kappa shape index (κ3) is 3.80. The van der Waals surface area contributed by atoms with Crippen LogP contribution in [0.5, 0.6) is 0 Å². The normalized spacial score (nSPS) is 15.3. The van der Waals surface area contributed by atoms with E-state index in [0.29, 0.717) is 5.56 Å². The molecule has 2 aromatic rings. The summed E-state index contributed by atoms with van der Waals surface area (Å²) in [5.41, 5.74) is 4.50. The minimum absolute atomic E-state index is 0.0434. The van der Waals surface area contributed by atoms with Crippen molar-refractivity contribution in [1.29, 1.82) is 0 Å². The SMILES string of the molecule is CNC(=O)c1ccc(-c2ccccc2CN2CCCCC2)cc1. The number of benzene rings is 2. The van der Waals surface area contributed by atoms with Gasteiger partial charge in [-0.1, -0.05) is 42.8 Å². The Hall–Kier alpha value is -2.13. The second kappa shape index (κ2) is 7.42. The van der Waals surface area contributed by atoms with Crippen LogP contribution in [-0.4, -0.2) is 30.9 Å². The predicted octanol–water partition coefficient (Wildman–Crippen LogP) is 3.70. The van der Waals surface area contributed by atoms with Crippen molar-refractivity contribution in [2.45, 2.75) is 25.8 Å². The van der Waals surface area contributed by atoms with E-state index in [1.807, 2.05) is 24.3 Å². The number of rotatable bonds is 4. The summed E-state index contributed by atoms with van der Waals surface area (Å²) in [6, 6.07) is 16.5. The van der Waals surface area contributed by atoms with E-state index < -0.39 is 0 Å². The number of amides is 1. The van der Waals surface area contributed by atoms with E-state index in [1.54, 1.807) is 7.05 Å². The number of carbonyl (C=O) groups is 1. The van der Waals surface area contributed by atoms with Gasteiger partial charge in [-0.3, -0.25) is 9.69 Å². The van der Waals surface area contributed by atoms with Crippen molar-refractivity contribution in [3.05, 3.63) is 59.7 Å². The van der Waals surface area contributed by atoms with Gasteiger partial charge in [-0.2, -0.15) is 0 Å². The first-order chi connectivity index (χ1) is 11.3. The minimum atomic E-state index is -0.0434. The smallest absolute Gasteiger partial charge is 0.251 e. The first-order valence-corrected chi connectivity index (χ1v) is 8.41. The summed E-state index contributed by atoms with van der Waals surface area (Å²) in [6.07, 6.45) is 3.98. The molecule has 3 heteroatoms. The van der Waals surface area contributed by atoms with E-state index in [2.05, 4.69) is 34.5 Å². The highest BCUT2D eigenvalue weighted by Gasteiger charge is 2.13. The van der Waals surface area contributed by atoms with Gasteiger partial charge in [0.05, 0.1) is 0 Å². The van der Waals surface area contributed by atoms with E-state index in [1.165, 1.54) is 49.0 Å². The molecule has 1 N–H and O–H groups in total. The summed E-state index contributed by atoms with van der Waals surface area (Å²) in [5, 5.41) is 2.66. The molecule has 0 saturated carbocycles. The van der Waals surface area contributed by atoms with Gasteiger partial charge in [0.2, 0.25) is 0 Å². The van der Waals surface area contributed by atoms with Crippen LogP contribution in [0.2, 0.25) is 0 Å². The predicted molar refractivity (Wildman–Crippen MR) is 94.4 cm³/mol. The zero-order chi connectivity index (χ0) is 16.1. The van der Waals surface area contributed by atoms with Crippen molar-refractivity contribution in [2.24, 2.45) is 0 Å². The summed E-state index contributed by atoms with van der Waals surface area (Å²) in [4.78, 5) is 14.2. The number of carbonyl (C=O) groups excluding carboxylic acids is 1. The summed E-state index contributed by atoms with van der Waals surface area (Å²) >= 11 is 0. The van der Waals surface area contributed by atoms with Gasteiger partial charge in [-0.15, -0.1) is 0 Å². The van der Waals surface area contributed by atoms with Crippen molar-refractivity contribution in [3.8, 4) is 11.1 Å². The van der Waals surface area contributed by atoms with Crippen molar-refractivity contribution < 1.29 is 4.79 Å². The molecule has 0 aliphatic carbocycles. The summed E-state index contributed by atoms with van der Waals surface area (Å²) in [5.74, 6) is -0.0434. The highest BCUT2D eigenvalue weighted by Crippen LogP contribution is 2.26. The summed E-state index contributed by atoms with van der Waals surface area (Å²) in [7, 11) is 1.66. The van der Waals surface area contributed by atoms with Crippen molar-refractivity contribution in [2.75, 3.05) is 20.1 Å². The van der Waals surface area contributed by atoms with Gasteiger partial charge in [0, 0.05) is 19.2 Å². The second-order valence-corrected chi connectivity index (χ2v) is 6.15. The van der Waals surface area contributed by atoms with E-state index in [9.17, 15) is 4.79 Å². The highest BCUT2D eigenvalue weighted by molar-refractivity contribution is 5.94. The molecule has 0 unspecified atom stereocenters. The van der Waals surface area contributed by atoms with Crippen molar-refractivity contribution in [1.82, 2.24) is 10.2 Å². The molecule has 3 rings (SSSR count). The average molecular weight is 308 g/mol. The monoisotopic (exact) mass is 308 g/mol. The van der Waals surface area contributed by atoms with E-state index in [0.717, 1.165) is 6.54 Å². The molecule has 0 aromatic heterocycles. The number of hydrogen-bond acceptors (Lipinski definition) is 2. The number of nitrogens with one attached hydrogen (secondary N) is 1. The van der Waals surface area contributed by atoms with E-state index >= 15 is 0 Å². The van der Waals surface area contributed by atoms with Gasteiger partial charge in [0.1, 0.15) is 0 Å². The van der Waals surface area contributed by atoms with Crippen LogP contribution in [0.15, 0.2) is 48.5 Å². The largest absolute Gasteiger partial charge is 0.355 e. The molecule has 1 heterocycles. The second-order valence-electron chi connectivity index (χ2n) is 6.15. The lowest BCUT2D eigenvalue weighted by Crippen LogP contribution is -2.29. The topological polar surface area (TPSA) is 32.3 Å². The van der Waals surface area contributed by atoms with Crippen molar-refractivity contribution in [3.63, 3.8) is 0 Å². The Balaban J connectivity index is 1.83. The van der Waals surface area contributed by atoms with Gasteiger partial charge >= 0.3 is 0 Å². The minimum Gasteiger partial charge on any atom is -0.355 e. The Kier molecular flexibility index (Phi) is 5.09. The number of nitrogens with zero attached hydrogens (tertiary/aromatic N) is 1. The van der Waals surface area contributed by atoms with Crippen LogP contribution in [0.3, 0.4) is 0 Å². The molecule has 0 spiro atoms. The number of hydrogen-bond donors (Lipinski definition) is 1. The zero-order valence-electron chi connectivity index (χ0n) is 13.7. The molecule has 0 radical (unpaired) electrons. The Bertz CT molecular complexity index is 658. The van der Waals surface area contributed by atoms with Crippen LogP contribution in [-0.2, 0) is 6.54 Å². The molecule has 3 nitrogen and oxygen atoms in total. The Labute approximate surface area is 138 Å². The molecule has 0 bridgehead atoms. The molecule has 0 atom stereocenters. The maximum absolute atomic E-state index is 11.7. The number of likely N-dealkylation sites (tertiary alicyclic amines) is 1. The van der Waals surface area contributed by atoms with Gasteiger partial charge in [0.25, 0.3) is 5.91 Å². The third-order valence-electron chi connectivity index (χ3n) is 4.55. The molecule has 120 valence electrons. The molecule has 1 amide bonds. The fraction of sp³-hybridized carbons (Fsp3) is 0.350. The summed E-state index contributed by atoms with van der Waals surface area (Å²) < 4.78 is 0. The lowest BCUT2D eigenvalue weighted by Gasteiger charge is -2.27. The van der Waals surface area contributed by atoms with Crippen LogP contribution < -0.4 is 5.32 Å². The molecule has 1 fully saturated rings. The fourth-order valence-corrected chi connectivity index (χ4v) is 3.24. The maximum atomic E-state index is 11.7. The van der Waals surface area contributed by atoms with Gasteiger partial charge in [-0.25, -0.2) is 0 Å². The van der Waals surface area contributed by atoms with Gasteiger partial charge < -0.3 is 5.32 Å². The Morgan fingerprint density at radius 3 is 2.39 bits per heavy atom. The van der Waals surface area contributed by atoms with Crippen LogP contribution in [0.1, 0.15) is 35.2 Å². The molecular formula is C20H24N2O. The standard InChI is InChI=1S/C20H24N2O/c1-21-20(23)17-11-9-16(10-12-17)19-8-4-3-7-18(19)15-22-13-5-2-6-14-22/h3-4,7-12H,2,5-6,13-15H2,1H3,(H,21,23). The van der Waals surface area contributed by atoms with Crippen LogP contribution >= 0.6 is 0 Å². The lowest BCUT2D eigenvalue weighted by molar-refractivity contribution is 0.0963. The highest BCUT2D eigenvalue weighted by atomic mass is 16.1. The van der Waals surface area contributed by atoms with Crippen LogP contribution in [0.4, 0.5) is 0 Å². The van der Waals surface area contributed by atoms with Crippen LogP contribution in [0, 0.1) is 0 Å². The molecular weight excluding hydrogens is 284 g/mol. The quantitative estimate of drug-likeness (QED) is 0.934. The first-order valence-electron chi connectivity index (χ1n) is 8.41. The molecule has 23 heavy (non-hydrogen) atoms. The molecule has 2 aromatic carbocycles. The van der Waals surface area contributed by atoms with Crippen LogP contribution in [0.25, 0.3) is 11.1 Å². The fourth-order valence-electron chi connectivity index (χ4n) is 3.24. The first kappa shape index (κ1) is 15.8. The lowest BCUT2D eigenvalue weighted by atomic mass is 9.97. The summed E-state index contributed by atoms with van der Waals surface area (Å²) in [6.45, 7) is 3.40. The average Bonchev–Trinajstić information content (AvgIpc) is 2.62. The maximum Gasteiger partial charge on any atom is 0.251 e. The molecule has 1 saturated heterocycles. The van der Waals surface area contributed by atoms with E-state index in [-0.39, 0.29) is 5.91 Å². The third-order valence-corrected chi connectivity index (χ3v) is 4.55. The zero-order valence-corrected chi connectivity index (χ0v) is 13.7. The number of piperidine rings is 1. The van der Waals surface area contributed by atoms with Gasteiger partial charge in [-0.05, 0) is 54.8 Å². The molecule has 1 aliphatic heterocycles. The molecule has 1 aliphatic rings. The Morgan fingerprint density at radius 2 is 1.70 bits per heavy atom. The van der Waals surface area contributed by atoms with Gasteiger partial charge in [0.15, 0.2) is 0 Å². The Morgan fingerprint density at radius 1 is 1.00 bits per heavy atom. The van der Waals surface area contributed by atoms with E-state index in [4.69, 9.17) is 0 Å². The van der Waals surface area contributed by atoms with Crippen molar-refractivity contribution >= 4 is 5.91 Å².